The van der Waals surface area contributed by atoms with Gasteiger partial charge in [-0.25, -0.2) is 0 Å². The fourth-order valence-corrected chi connectivity index (χ4v) is 1.44. The highest BCUT2D eigenvalue weighted by atomic mass is 16.5. The van der Waals surface area contributed by atoms with Gasteiger partial charge in [-0.2, -0.15) is 4.98 Å². The summed E-state index contributed by atoms with van der Waals surface area (Å²) in [7, 11) is 0. The maximum absolute atomic E-state index is 9.34. The number of hydrogen-bond donors (Lipinski definition) is 1. The van der Waals surface area contributed by atoms with E-state index < -0.39 is 6.10 Å². The Labute approximate surface area is 99.0 Å². The number of ether oxygens (including phenoxy) is 1. The molecule has 0 amide bonds. The third-order valence-corrected chi connectivity index (χ3v) is 2.23. The van der Waals surface area contributed by atoms with Gasteiger partial charge in [0, 0.05) is 0 Å². The molecule has 0 radical (unpaired) electrons. The smallest absolute Gasteiger partial charge is 0.261 e. The Bertz CT molecular complexity index is 494. The standard InChI is InChI=1S/C12H14N2O3/c1-3-16-10-7-5-4-6-9(10)12-13-11(8(2)15)14-17-12/h4-8,15H,3H2,1-2H3. The monoisotopic (exact) mass is 234 g/mol. The third kappa shape index (κ3) is 2.45. The maximum atomic E-state index is 9.34. The van der Waals surface area contributed by atoms with Gasteiger partial charge in [0.2, 0.25) is 0 Å². The van der Waals surface area contributed by atoms with Gasteiger partial charge in [0.25, 0.3) is 5.89 Å². The summed E-state index contributed by atoms with van der Waals surface area (Å²) in [6, 6.07) is 7.42. The van der Waals surface area contributed by atoms with E-state index in [-0.39, 0.29) is 5.82 Å². The summed E-state index contributed by atoms with van der Waals surface area (Å²) in [4.78, 5) is 4.12. The van der Waals surface area contributed by atoms with E-state index in [0.29, 0.717) is 18.2 Å². The molecule has 0 aliphatic heterocycles. The van der Waals surface area contributed by atoms with Gasteiger partial charge in [0.1, 0.15) is 11.9 Å². The Morgan fingerprint density at radius 3 is 2.82 bits per heavy atom. The molecule has 0 saturated heterocycles. The Kier molecular flexibility index (Phi) is 3.39. The first-order chi connectivity index (χ1) is 8.22. The van der Waals surface area contributed by atoms with Gasteiger partial charge in [0.15, 0.2) is 5.82 Å². The van der Waals surface area contributed by atoms with Crippen LogP contribution in [0.25, 0.3) is 11.5 Å². The van der Waals surface area contributed by atoms with Crippen LogP contribution in [0.15, 0.2) is 28.8 Å². The molecule has 0 fully saturated rings. The van der Waals surface area contributed by atoms with Crippen molar-refractivity contribution in [2.24, 2.45) is 0 Å². The molecule has 0 saturated carbocycles. The first kappa shape index (κ1) is 11.6. The Balaban J connectivity index is 2.38. The topological polar surface area (TPSA) is 68.4 Å². The van der Waals surface area contributed by atoms with Crippen LogP contribution in [0.4, 0.5) is 0 Å². The van der Waals surface area contributed by atoms with Gasteiger partial charge in [0.05, 0.1) is 12.2 Å². The summed E-state index contributed by atoms with van der Waals surface area (Å²) in [6.45, 7) is 4.06. The fraction of sp³-hybridized carbons (Fsp3) is 0.333. The van der Waals surface area contributed by atoms with Gasteiger partial charge in [-0.1, -0.05) is 17.3 Å². The summed E-state index contributed by atoms with van der Waals surface area (Å²) in [5, 5.41) is 13.0. The second-order valence-corrected chi connectivity index (χ2v) is 3.56. The molecule has 2 rings (SSSR count). The third-order valence-electron chi connectivity index (χ3n) is 2.23. The van der Waals surface area contributed by atoms with Gasteiger partial charge in [-0.15, -0.1) is 0 Å². The van der Waals surface area contributed by atoms with Crippen molar-refractivity contribution >= 4 is 0 Å². The van der Waals surface area contributed by atoms with Crippen molar-refractivity contribution in [1.29, 1.82) is 0 Å². The summed E-state index contributed by atoms with van der Waals surface area (Å²) >= 11 is 0. The molecule has 0 aliphatic carbocycles. The lowest BCUT2D eigenvalue weighted by Gasteiger charge is -2.05. The van der Waals surface area contributed by atoms with Crippen LogP contribution in [-0.4, -0.2) is 21.9 Å². The molecule has 1 atom stereocenters. The normalized spacial score (nSPS) is 12.4. The number of aliphatic hydroxyl groups excluding tert-OH is 1. The summed E-state index contributed by atoms with van der Waals surface area (Å²) < 4.78 is 10.6. The van der Waals surface area contributed by atoms with Crippen LogP contribution in [0.2, 0.25) is 0 Å². The van der Waals surface area contributed by atoms with Crippen LogP contribution in [0.3, 0.4) is 0 Å². The molecular formula is C12H14N2O3. The van der Waals surface area contributed by atoms with Crippen LogP contribution in [0.5, 0.6) is 5.75 Å². The van der Waals surface area contributed by atoms with Crippen LogP contribution in [0, 0.1) is 0 Å². The fourth-order valence-electron chi connectivity index (χ4n) is 1.44. The number of nitrogens with zero attached hydrogens (tertiary/aromatic N) is 2. The highest BCUT2D eigenvalue weighted by molar-refractivity contribution is 5.62. The van der Waals surface area contributed by atoms with E-state index in [2.05, 4.69) is 10.1 Å². The molecule has 0 aliphatic rings. The predicted octanol–water partition coefficient (Wildman–Crippen LogP) is 2.19. The number of aromatic nitrogens is 2. The molecule has 2 aromatic rings. The van der Waals surface area contributed by atoms with E-state index >= 15 is 0 Å². The van der Waals surface area contributed by atoms with Crippen molar-refractivity contribution in [3.8, 4) is 17.2 Å². The lowest BCUT2D eigenvalue weighted by Crippen LogP contribution is -1.95. The zero-order chi connectivity index (χ0) is 12.3. The second-order valence-electron chi connectivity index (χ2n) is 3.56. The summed E-state index contributed by atoms with van der Waals surface area (Å²) in [5.74, 6) is 1.31. The van der Waals surface area contributed by atoms with E-state index in [1.54, 1.807) is 6.92 Å². The van der Waals surface area contributed by atoms with Crippen LogP contribution < -0.4 is 4.74 Å². The van der Waals surface area contributed by atoms with E-state index in [1.807, 2.05) is 31.2 Å². The zero-order valence-electron chi connectivity index (χ0n) is 9.75. The number of para-hydroxylation sites is 1. The molecule has 17 heavy (non-hydrogen) atoms. The Morgan fingerprint density at radius 1 is 1.41 bits per heavy atom. The first-order valence-electron chi connectivity index (χ1n) is 5.46. The van der Waals surface area contributed by atoms with E-state index in [1.165, 1.54) is 0 Å². The van der Waals surface area contributed by atoms with Gasteiger partial charge < -0.3 is 14.4 Å². The summed E-state index contributed by atoms with van der Waals surface area (Å²) in [6.07, 6.45) is -0.744. The molecule has 1 unspecified atom stereocenters. The van der Waals surface area contributed by atoms with Crippen molar-refractivity contribution in [2.45, 2.75) is 20.0 Å². The van der Waals surface area contributed by atoms with Gasteiger partial charge in [-0.05, 0) is 26.0 Å². The van der Waals surface area contributed by atoms with Crippen LogP contribution >= 0.6 is 0 Å². The first-order valence-corrected chi connectivity index (χ1v) is 5.46. The van der Waals surface area contributed by atoms with Crippen molar-refractivity contribution < 1.29 is 14.4 Å². The van der Waals surface area contributed by atoms with E-state index in [0.717, 1.165) is 5.56 Å². The average Bonchev–Trinajstić information content (AvgIpc) is 2.79. The molecule has 0 spiro atoms. The number of hydrogen-bond acceptors (Lipinski definition) is 5. The predicted molar refractivity (Wildman–Crippen MR) is 61.5 cm³/mol. The molecule has 90 valence electrons. The van der Waals surface area contributed by atoms with Crippen molar-refractivity contribution in [3.05, 3.63) is 30.1 Å². The zero-order valence-corrected chi connectivity index (χ0v) is 9.75. The molecule has 0 bridgehead atoms. The average molecular weight is 234 g/mol. The number of rotatable bonds is 4. The van der Waals surface area contributed by atoms with Gasteiger partial charge >= 0.3 is 0 Å². The molecule has 1 aromatic heterocycles. The minimum Gasteiger partial charge on any atom is -0.493 e. The Morgan fingerprint density at radius 2 is 2.18 bits per heavy atom. The summed E-state index contributed by atoms with van der Waals surface area (Å²) in [5.41, 5.74) is 0.730. The maximum Gasteiger partial charge on any atom is 0.261 e. The van der Waals surface area contributed by atoms with Crippen molar-refractivity contribution in [1.82, 2.24) is 10.1 Å². The lowest BCUT2D eigenvalue weighted by atomic mass is 10.2. The number of benzene rings is 1. The molecule has 1 N–H and O–H groups in total. The SMILES string of the molecule is CCOc1ccccc1-c1nc(C(C)O)no1. The van der Waals surface area contributed by atoms with Gasteiger partial charge in [-0.3, -0.25) is 0 Å². The minimum absolute atomic E-state index is 0.270. The largest absolute Gasteiger partial charge is 0.493 e. The second kappa shape index (κ2) is 4.97. The molecule has 1 heterocycles. The molecule has 5 heteroatoms. The van der Waals surface area contributed by atoms with E-state index in [4.69, 9.17) is 9.26 Å². The van der Waals surface area contributed by atoms with Crippen molar-refractivity contribution in [2.75, 3.05) is 6.61 Å². The molecular weight excluding hydrogens is 220 g/mol. The quantitative estimate of drug-likeness (QED) is 0.878. The molecule has 1 aromatic carbocycles. The molecule has 5 nitrogen and oxygen atoms in total. The lowest BCUT2D eigenvalue weighted by molar-refractivity contribution is 0.184. The minimum atomic E-state index is -0.744. The highest BCUT2D eigenvalue weighted by Gasteiger charge is 2.15. The van der Waals surface area contributed by atoms with Crippen LogP contribution in [-0.2, 0) is 0 Å². The Hall–Kier alpha value is -1.88. The van der Waals surface area contributed by atoms with E-state index in [9.17, 15) is 5.11 Å². The van der Waals surface area contributed by atoms with Crippen molar-refractivity contribution in [3.63, 3.8) is 0 Å². The highest BCUT2D eigenvalue weighted by Crippen LogP contribution is 2.28. The number of aliphatic hydroxyl groups is 1. The van der Waals surface area contributed by atoms with Crippen LogP contribution in [0.1, 0.15) is 25.8 Å².